The maximum atomic E-state index is 11.8. The molecule has 17 heavy (non-hydrogen) atoms. The van der Waals surface area contributed by atoms with Crippen molar-refractivity contribution in [1.82, 2.24) is 10.3 Å². The van der Waals surface area contributed by atoms with E-state index in [4.69, 9.17) is 6.42 Å². The lowest BCUT2D eigenvalue weighted by Gasteiger charge is -2.02. The first-order valence-electron chi connectivity index (χ1n) is 5.33. The second-order valence-electron chi connectivity index (χ2n) is 3.64. The molecule has 3 heteroatoms. The largest absolute Gasteiger partial charge is 0.299 e. The highest BCUT2D eigenvalue weighted by atomic mass is 16.1. The topological polar surface area (TPSA) is 42.0 Å². The van der Waals surface area contributed by atoms with Crippen LogP contribution in [0.5, 0.6) is 0 Å². The Morgan fingerprint density at radius 1 is 1.41 bits per heavy atom. The van der Waals surface area contributed by atoms with Gasteiger partial charge in [-0.2, -0.15) is 0 Å². The standard InChI is InChI=1S/C14H12N2O/c1-2-7-15-10-14(17)12-6-5-11-4-3-8-16-13(11)9-12/h1,3-6,8-9,15H,7,10H2. The molecule has 1 N–H and O–H groups in total. The Balaban J connectivity index is 2.19. The zero-order valence-corrected chi connectivity index (χ0v) is 9.31. The molecule has 0 fully saturated rings. The molecule has 0 amide bonds. The third-order valence-electron chi connectivity index (χ3n) is 2.44. The summed E-state index contributed by atoms with van der Waals surface area (Å²) in [5.74, 6) is 2.45. The third-order valence-corrected chi connectivity index (χ3v) is 2.44. The number of rotatable bonds is 4. The van der Waals surface area contributed by atoms with Crippen LogP contribution < -0.4 is 5.32 Å². The van der Waals surface area contributed by atoms with E-state index in [9.17, 15) is 4.79 Å². The van der Waals surface area contributed by atoms with E-state index >= 15 is 0 Å². The molecule has 0 saturated carbocycles. The van der Waals surface area contributed by atoms with Gasteiger partial charge in [0.15, 0.2) is 5.78 Å². The Kier molecular flexibility index (Phi) is 3.49. The Morgan fingerprint density at radius 3 is 3.12 bits per heavy atom. The molecule has 1 heterocycles. The number of aromatic nitrogens is 1. The first kappa shape index (κ1) is 11.3. The number of hydrogen-bond donors (Lipinski definition) is 1. The zero-order chi connectivity index (χ0) is 12.1. The number of Topliss-reactive ketones (excluding diaryl/α,β-unsaturated/α-hetero) is 1. The molecule has 3 nitrogen and oxygen atoms in total. The van der Waals surface area contributed by atoms with Crippen LogP contribution in [0.4, 0.5) is 0 Å². The minimum Gasteiger partial charge on any atom is -0.299 e. The van der Waals surface area contributed by atoms with Gasteiger partial charge in [-0.3, -0.25) is 15.1 Å². The SMILES string of the molecule is C#CCNCC(=O)c1ccc2cccnc2c1. The molecule has 0 bridgehead atoms. The van der Waals surface area contributed by atoms with Crippen LogP contribution in [0.25, 0.3) is 10.9 Å². The summed E-state index contributed by atoms with van der Waals surface area (Å²) in [6, 6.07) is 9.35. The fraction of sp³-hybridized carbons (Fsp3) is 0.143. The summed E-state index contributed by atoms with van der Waals surface area (Å²) in [4.78, 5) is 16.0. The number of carbonyl (C=O) groups is 1. The molecule has 2 aromatic rings. The van der Waals surface area contributed by atoms with E-state index in [0.717, 1.165) is 10.9 Å². The summed E-state index contributed by atoms with van der Waals surface area (Å²) in [6.07, 6.45) is 6.81. The maximum Gasteiger partial charge on any atom is 0.176 e. The molecule has 0 atom stereocenters. The number of nitrogens with one attached hydrogen (secondary N) is 1. The lowest BCUT2D eigenvalue weighted by atomic mass is 10.1. The van der Waals surface area contributed by atoms with Gasteiger partial charge in [0.2, 0.25) is 0 Å². The molecular formula is C14H12N2O. The number of carbonyl (C=O) groups excluding carboxylic acids is 1. The fourth-order valence-electron chi connectivity index (χ4n) is 1.59. The van der Waals surface area contributed by atoms with Crippen molar-refractivity contribution in [2.75, 3.05) is 13.1 Å². The smallest absolute Gasteiger partial charge is 0.176 e. The molecule has 0 unspecified atom stereocenters. The highest BCUT2D eigenvalue weighted by Crippen LogP contribution is 2.13. The Hall–Kier alpha value is -2.18. The average molecular weight is 224 g/mol. The van der Waals surface area contributed by atoms with E-state index in [2.05, 4.69) is 16.2 Å². The van der Waals surface area contributed by atoms with Gasteiger partial charge in [0.1, 0.15) is 0 Å². The Labute approximate surface area is 99.9 Å². The van der Waals surface area contributed by atoms with Gasteiger partial charge < -0.3 is 0 Å². The van der Waals surface area contributed by atoms with Gasteiger partial charge in [0.25, 0.3) is 0 Å². The van der Waals surface area contributed by atoms with Crippen molar-refractivity contribution in [2.24, 2.45) is 0 Å². The summed E-state index contributed by atoms with van der Waals surface area (Å²) in [7, 11) is 0. The van der Waals surface area contributed by atoms with E-state index in [1.165, 1.54) is 0 Å². The van der Waals surface area contributed by atoms with Crippen molar-refractivity contribution in [1.29, 1.82) is 0 Å². The van der Waals surface area contributed by atoms with Crippen LogP contribution in [0.2, 0.25) is 0 Å². The first-order chi connectivity index (χ1) is 8.31. The molecule has 1 aromatic heterocycles. The number of nitrogens with zero attached hydrogens (tertiary/aromatic N) is 1. The summed E-state index contributed by atoms with van der Waals surface area (Å²) >= 11 is 0. The van der Waals surface area contributed by atoms with Gasteiger partial charge >= 0.3 is 0 Å². The van der Waals surface area contributed by atoms with Gasteiger partial charge in [-0.15, -0.1) is 6.42 Å². The molecule has 0 aliphatic heterocycles. The molecule has 0 spiro atoms. The van der Waals surface area contributed by atoms with Crippen LogP contribution in [0.1, 0.15) is 10.4 Å². The van der Waals surface area contributed by atoms with Crippen molar-refractivity contribution in [3.63, 3.8) is 0 Å². The lowest BCUT2D eigenvalue weighted by molar-refractivity contribution is 0.0992. The summed E-state index contributed by atoms with van der Waals surface area (Å²) in [6.45, 7) is 0.653. The predicted molar refractivity (Wildman–Crippen MR) is 67.8 cm³/mol. The molecule has 0 aliphatic rings. The molecule has 0 aliphatic carbocycles. The number of terminal acetylenes is 1. The van der Waals surface area contributed by atoms with Crippen molar-refractivity contribution in [3.05, 3.63) is 42.1 Å². The van der Waals surface area contributed by atoms with Gasteiger partial charge in [0, 0.05) is 17.1 Å². The van der Waals surface area contributed by atoms with Crippen LogP contribution in [0.15, 0.2) is 36.5 Å². The van der Waals surface area contributed by atoms with Crippen LogP contribution in [0.3, 0.4) is 0 Å². The number of fused-ring (bicyclic) bond motifs is 1. The maximum absolute atomic E-state index is 11.8. The number of hydrogen-bond acceptors (Lipinski definition) is 3. The summed E-state index contributed by atoms with van der Waals surface area (Å²) < 4.78 is 0. The number of pyridine rings is 1. The van der Waals surface area contributed by atoms with Crippen LogP contribution in [-0.2, 0) is 0 Å². The molecule has 2 rings (SSSR count). The normalized spacial score (nSPS) is 10.1. The highest BCUT2D eigenvalue weighted by Gasteiger charge is 2.05. The van der Waals surface area contributed by atoms with E-state index < -0.39 is 0 Å². The lowest BCUT2D eigenvalue weighted by Crippen LogP contribution is -2.23. The monoisotopic (exact) mass is 224 g/mol. The van der Waals surface area contributed by atoms with Gasteiger partial charge in [-0.05, 0) is 12.1 Å². The second-order valence-corrected chi connectivity index (χ2v) is 3.64. The predicted octanol–water partition coefficient (Wildman–Crippen LogP) is 1.64. The minimum absolute atomic E-state index is 0.0211. The van der Waals surface area contributed by atoms with Crippen LogP contribution in [0, 0.1) is 12.3 Å². The van der Waals surface area contributed by atoms with Crippen molar-refractivity contribution in [3.8, 4) is 12.3 Å². The highest BCUT2D eigenvalue weighted by molar-refractivity contribution is 6.00. The van der Waals surface area contributed by atoms with E-state index in [0.29, 0.717) is 12.1 Å². The average Bonchev–Trinajstić information content (AvgIpc) is 2.38. The first-order valence-corrected chi connectivity index (χ1v) is 5.33. The van der Waals surface area contributed by atoms with Crippen LogP contribution >= 0.6 is 0 Å². The fourth-order valence-corrected chi connectivity index (χ4v) is 1.59. The van der Waals surface area contributed by atoms with E-state index in [-0.39, 0.29) is 12.3 Å². The Bertz CT molecular complexity index is 584. The molecule has 0 radical (unpaired) electrons. The van der Waals surface area contributed by atoms with Gasteiger partial charge in [-0.1, -0.05) is 24.1 Å². The second kappa shape index (κ2) is 5.24. The zero-order valence-electron chi connectivity index (χ0n) is 9.31. The molecule has 84 valence electrons. The van der Waals surface area contributed by atoms with Crippen molar-refractivity contribution < 1.29 is 4.79 Å². The van der Waals surface area contributed by atoms with E-state index in [1.807, 2.05) is 24.3 Å². The molecular weight excluding hydrogens is 212 g/mol. The van der Waals surface area contributed by atoms with Gasteiger partial charge in [-0.25, -0.2) is 0 Å². The van der Waals surface area contributed by atoms with Gasteiger partial charge in [0.05, 0.1) is 18.6 Å². The van der Waals surface area contributed by atoms with E-state index in [1.54, 1.807) is 12.3 Å². The van der Waals surface area contributed by atoms with Crippen molar-refractivity contribution in [2.45, 2.75) is 0 Å². The summed E-state index contributed by atoms with van der Waals surface area (Å²) in [5.41, 5.74) is 1.48. The van der Waals surface area contributed by atoms with Crippen molar-refractivity contribution >= 4 is 16.7 Å². The minimum atomic E-state index is 0.0211. The Morgan fingerprint density at radius 2 is 2.29 bits per heavy atom. The molecule has 1 aromatic carbocycles. The number of benzene rings is 1. The van der Waals surface area contributed by atoms with Crippen LogP contribution in [-0.4, -0.2) is 23.9 Å². The third kappa shape index (κ3) is 2.68. The quantitative estimate of drug-likeness (QED) is 0.487. The number of ketones is 1. The summed E-state index contributed by atoms with van der Waals surface area (Å²) in [5, 5.41) is 3.90. The molecule has 0 saturated heterocycles.